The highest BCUT2D eigenvalue weighted by atomic mass is 79.9. The molecule has 0 fully saturated rings. The second kappa shape index (κ2) is 4.79. The molecule has 0 aliphatic heterocycles. The second-order valence-corrected chi connectivity index (χ2v) is 4.43. The first-order valence-corrected chi connectivity index (χ1v) is 5.96. The summed E-state index contributed by atoms with van der Waals surface area (Å²) in [5.41, 5.74) is 0.342. The molecular formula is C7H4Br3F2N. The maximum atomic E-state index is 12.3. The lowest BCUT2D eigenvalue weighted by Crippen LogP contribution is -1.96. The van der Waals surface area contributed by atoms with Gasteiger partial charge < -0.3 is 0 Å². The Morgan fingerprint density at radius 3 is 2.46 bits per heavy atom. The summed E-state index contributed by atoms with van der Waals surface area (Å²) in [6, 6.07) is 1.31. The third-order valence-corrected chi connectivity index (χ3v) is 3.93. The molecule has 0 aliphatic rings. The molecule has 0 bridgehead atoms. The lowest BCUT2D eigenvalue weighted by molar-refractivity contribution is 0.145. The molecule has 0 atom stereocenters. The largest absolute Gasteiger partial charge is 0.280 e. The van der Waals surface area contributed by atoms with E-state index in [2.05, 4.69) is 52.8 Å². The molecule has 0 saturated heterocycles. The summed E-state index contributed by atoms with van der Waals surface area (Å²) in [6.07, 6.45) is -2.54. The average molecular weight is 380 g/mol. The van der Waals surface area contributed by atoms with Crippen LogP contribution in [0.5, 0.6) is 0 Å². The van der Waals surface area contributed by atoms with Crippen molar-refractivity contribution < 1.29 is 8.78 Å². The minimum atomic E-state index is -2.54. The van der Waals surface area contributed by atoms with Crippen molar-refractivity contribution in [1.29, 1.82) is 0 Å². The molecule has 1 rings (SSSR count). The van der Waals surface area contributed by atoms with Crippen LogP contribution in [0.1, 0.15) is 17.8 Å². The van der Waals surface area contributed by atoms with Gasteiger partial charge in [-0.05, 0) is 37.9 Å². The molecule has 6 heteroatoms. The van der Waals surface area contributed by atoms with E-state index in [4.69, 9.17) is 0 Å². The molecule has 0 spiro atoms. The van der Waals surface area contributed by atoms with Crippen molar-refractivity contribution in [3.05, 3.63) is 26.4 Å². The van der Waals surface area contributed by atoms with Crippen molar-refractivity contribution in [2.45, 2.75) is 11.8 Å². The highest BCUT2D eigenvalue weighted by Gasteiger charge is 2.14. The standard InChI is InChI=1S/C7H4Br3F2N/c8-2-5-6(10)3(9)1-4(13-5)7(11)12/h1,7H,2H2. The fraction of sp³-hybridized carbons (Fsp3) is 0.286. The molecule has 0 N–H and O–H groups in total. The zero-order chi connectivity index (χ0) is 10.0. The van der Waals surface area contributed by atoms with Crippen LogP contribution in [0.15, 0.2) is 15.0 Å². The van der Waals surface area contributed by atoms with Crippen LogP contribution in [0.25, 0.3) is 0 Å². The summed E-state index contributed by atoms with van der Waals surface area (Å²) in [7, 11) is 0. The van der Waals surface area contributed by atoms with Gasteiger partial charge in [-0.3, -0.25) is 0 Å². The van der Waals surface area contributed by atoms with Gasteiger partial charge in [0.1, 0.15) is 5.69 Å². The number of hydrogen-bond acceptors (Lipinski definition) is 1. The van der Waals surface area contributed by atoms with E-state index in [1.54, 1.807) is 0 Å². The van der Waals surface area contributed by atoms with E-state index >= 15 is 0 Å². The molecule has 0 radical (unpaired) electrons. The Morgan fingerprint density at radius 2 is 2.00 bits per heavy atom. The fourth-order valence-corrected chi connectivity index (χ4v) is 2.36. The highest BCUT2D eigenvalue weighted by molar-refractivity contribution is 9.13. The van der Waals surface area contributed by atoms with Crippen LogP contribution in [-0.2, 0) is 5.33 Å². The van der Waals surface area contributed by atoms with E-state index in [0.717, 1.165) is 0 Å². The first-order valence-electron chi connectivity index (χ1n) is 3.25. The zero-order valence-electron chi connectivity index (χ0n) is 6.20. The lowest BCUT2D eigenvalue weighted by atomic mass is 10.3. The van der Waals surface area contributed by atoms with Gasteiger partial charge in [-0.2, -0.15) is 0 Å². The van der Waals surface area contributed by atoms with E-state index in [1.807, 2.05) is 0 Å². The van der Waals surface area contributed by atoms with Crippen LogP contribution >= 0.6 is 47.8 Å². The van der Waals surface area contributed by atoms with E-state index in [-0.39, 0.29) is 5.69 Å². The van der Waals surface area contributed by atoms with Crippen molar-refractivity contribution in [3.63, 3.8) is 0 Å². The Labute approximate surface area is 99.3 Å². The Kier molecular flexibility index (Phi) is 4.25. The van der Waals surface area contributed by atoms with E-state index in [0.29, 0.717) is 20.0 Å². The zero-order valence-corrected chi connectivity index (χ0v) is 11.0. The van der Waals surface area contributed by atoms with Crippen LogP contribution in [0.2, 0.25) is 0 Å². The normalized spacial score (nSPS) is 10.9. The van der Waals surface area contributed by atoms with Gasteiger partial charge in [0, 0.05) is 9.80 Å². The number of rotatable bonds is 2. The van der Waals surface area contributed by atoms with Crippen LogP contribution in [0.3, 0.4) is 0 Å². The van der Waals surface area contributed by atoms with Crippen molar-refractivity contribution in [3.8, 4) is 0 Å². The molecular weight excluding hydrogens is 376 g/mol. The van der Waals surface area contributed by atoms with Crippen molar-refractivity contribution >= 4 is 47.8 Å². The fourth-order valence-electron chi connectivity index (χ4n) is 0.769. The SMILES string of the molecule is FC(F)c1cc(Br)c(Br)c(CBr)n1. The molecule has 0 saturated carbocycles. The molecule has 0 aliphatic carbocycles. The molecule has 13 heavy (non-hydrogen) atoms. The van der Waals surface area contributed by atoms with Crippen LogP contribution in [0, 0.1) is 0 Å². The van der Waals surface area contributed by atoms with Crippen LogP contribution in [-0.4, -0.2) is 4.98 Å². The minimum absolute atomic E-state index is 0.218. The predicted octanol–water partition coefficient (Wildman–Crippen LogP) is 4.44. The summed E-state index contributed by atoms with van der Waals surface area (Å²) in [6.45, 7) is 0. The third-order valence-electron chi connectivity index (χ3n) is 1.35. The van der Waals surface area contributed by atoms with Crippen molar-refractivity contribution in [1.82, 2.24) is 4.98 Å². The number of nitrogens with zero attached hydrogens (tertiary/aromatic N) is 1. The minimum Gasteiger partial charge on any atom is -0.250 e. The van der Waals surface area contributed by atoms with Gasteiger partial charge in [-0.1, -0.05) is 15.9 Å². The first-order chi connectivity index (χ1) is 6.06. The summed E-state index contributed by atoms with van der Waals surface area (Å²) < 4.78 is 25.9. The lowest BCUT2D eigenvalue weighted by Gasteiger charge is -2.05. The number of pyridine rings is 1. The maximum absolute atomic E-state index is 12.3. The van der Waals surface area contributed by atoms with Gasteiger partial charge in [0.2, 0.25) is 0 Å². The van der Waals surface area contributed by atoms with E-state index in [1.165, 1.54) is 6.07 Å². The Balaban J connectivity index is 3.22. The Morgan fingerprint density at radius 1 is 1.38 bits per heavy atom. The summed E-state index contributed by atoms with van der Waals surface area (Å²) in [5, 5.41) is 0.437. The molecule has 0 amide bonds. The first kappa shape index (κ1) is 11.5. The molecule has 0 unspecified atom stereocenters. The van der Waals surface area contributed by atoms with Gasteiger partial charge in [0.05, 0.1) is 10.2 Å². The smallest absolute Gasteiger partial charge is 0.250 e. The molecule has 72 valence electrons. The van der Waals surface area contributed by atoms with Gasteiger partial charge in [0.15, 0.2) is 0 Å². The van der Waals surface area contributed by atoms with Crippen molar-refractivity contribution in [2.75, 3.05) is 0 Å². The molecule has 1 aromatic heterocycles. The molecule has 0 aromatic carbocycles. The quantitative estimate of drug-likeness (QED) is 0.692. The summed E-state index contributed by atoms with van der Waals surface area (Å²) >= 11 is 9.57. The summed E-state index contributed by atoms with van der Waals surface area (Å²) in [5.74, 6) is 0. The van der Waals surface area contributed by atoms with E-state index < -0.39 is 6.43 Å². The molecule has 1 aromatic rings. The average Bonchev–Trinajstić information content (AvgIpc) is 2.09. The number of halogens is 5. The Hall–Kier alpha value is 0.450. The maximum Gasteiger partial charge on any atom is 0.280 e. The molecule has 1 nitrogen and oxygen atoms in total. The van der Waals surface area contributed by atoms with Crippen LogP contribution < -0.4 is 0 Å². The number of hydrogen-bond donors (Lipinski definition) is 0. The van der Waals surface area contributed by atoms with Gasteiger partial charge in [0.25, 0.3) is 6.43 Å². The monoisotopic (exact) mass is 377 g/mol. The number of aromatic nitrogens is 1. The molecule has 1 heterocycles. The van der Waals surface area contributed by atoms with Crippen molar-refractivity contribution in [2.24, 2.45) is 0 Å². The summed E-state index contributed by atoms with van der Waals surface area (Å²) in [4.78, 5) is 3.78. The van der Waals surface area contributed by atoms with Gasteiger partial charge >= 0.3 is 0 Å². The Bertz CT molecular complexity index is 317. The van der Waals surface area contributed by atoms with E-state index in [9.17, 15) is 8.78 Å². The van der Waals surface area contributed by atoms with Gasteiger partial charge in [-0.25, -0.2) is 13.8 Å². The second-order valence-electron chi connectivity index (χ2n) is 2.22. The predicted molar refractivity (Wildman–Crippen MR) is 57.2 cm³/mol. The van der Waals surface area contributed by atoms with Crippen LogP contribution in [0.4, 0.5) is 8.78 Å². The third kappa shape index (κ3) is 2.70. The van der Waals surface area contributed by atoms with Gasteiger partial charge in [-0.15, -0.1) is 0 Å². The highest BCUT2D eigenvalue weighted by Crippen LogP contribution is 2.30. The topological polar surface area (TPSA) is 12.9 Å². The number of alkyl halides is 3.